The average molecular weight is 320 g/mol. The molecular formula is C15H17FN4OS. The fraction of sp³-hybridized carbons (Fsp3) is 0.333. The van der Waals surface area contributed by atoms with Gasteiger partial charge in [-0.25, -0.2) is 14.2 Å². The Balaban J connectivity index is 1.57. The molecule has 0 fully saturated rings. The molecule has 22 heavy (non-hydrogen) atoms. The molecule has 1 aromatic carbocycles. The van der Waals surface area contributed by atoms with Crippen LogP contribution in [0.1, 0.15) is 16.1 Å². The molecule has 1 aliphatic rings. The quantitative estimate of drug-likeness (QED) is 0.914. The van der Waals surface area contributed by atoms with E-state index in [4.69, 9.17) is 0 Å². The van der Waals surface area contributed by atoms with Gasteiger partial charge in [0.25, 0.3) is 0 Å². The standard InChI is InChI=1S/C15H17FN4OS/c1-20-7-6-12-13(9-20)22-15(18-12)19-14(21)17-8-10-4-2-3-5-11(10)16/h2-5H,6-9H2,1H3,(H2,17,18,19,21). The molecule has 0 saturated carbocycles. The Bertz CT molecular complexity index is 688. The first kappa shape index (κ1) is 14.9. The van der Waals surface area contributed by atoms with Gasteiger partial charge in [0.05, 0.1) is 5.69 Å². The number of anilines is 1. The first-order chi connectivity index (χ1) is 10.6. The monoisotopic (exact) mass is 320 g/mol. The summed E-state index contributed by atoms with van der Waals surface area (Å²) in [7, 11) is 2.07. The maximum absolute atomic E-state index is 13.5. The Kier molecular flexibility index (Phi) is 4.35. The van der Waals surface area contributed by atoms with Gasteiger partial charge in [0.1, 0.15) is 5.82 Å². The van der Waals surface area contributed by atoms with Gasteiger partial charge >= 0.3 is 6.03 Å². The number of aromatic nitrogens is 1. The second-order valence-electron chi connectivity index (χ2n) is 5.28. The van der Waals surface area contributed by atoms with Crippen molar-refractivity contribution >= 4 is 22.5 Å². The average Bonchev–Trinajstić information content (AvgIpc) is 2.87. The number of benzene rings is 1. The van der Waals surface area contributed by atoms with Crippen molar-refractivity contribution in [3.63, 3.8) is 0 Å². The number of fused-ring (bicyclic) bond motifs is 1. The van der Waals surface area contributed by atoms with Crippen LogP contribution in [0.3, 0.4) is 0 Å². The number of hydrogen-bond acceptors (Lipinski definition) is 4. The predicted molar refractivity (Wildman–Crippen MR) is 84.4 cm³/mol. The fourth-order valence-corrected chi connectivity index (χ4v) is 3.42. The molecule has 0 aliphatic carbocycles. The highest BCUT2D eigenvalue weighted by Crippen LogP contribution is 2.27. The Morgan fingerprint density at radius 2 is 2.27 bits per heavy atom. The van der Waals surface area contributed by atoms with E-state index in [1.165, 1.54) is 22.3 Å². The predicted octanol–water partition coefficient (Wildman–Crippen LogP) is 2.59. The molecule has 2 aromatic rings. The zero-order chi connectivity index (χ0) is 15.5. The van der Waals surface area contributed by atoms with Crippen LogP contribution in [0, 0.1) is 5.82 Å². The molecule has 0 unspecified atom stereocenters. The lowest BCUT2D eigenvalue weighted by molar-refractivity contribution is 0.251. The van der Waals surface area contributed by atoms with Gasteiger partial charge in [0.15, 0.2) is 5.13 Å². The van der Waals surface area contributed by atoms with Gasteiger partial charge in [0.2, 0.25) is 0 Å². The first-order valence-electron chi connectivity index (χ1n) is 7.07. The van der Waals surface area contributed by atoms with E-state index in [0.29, 0.717) is 10.7 Å². The lowest BCUT2D eigenvalue weighted by atomic mass is 10.2. The van der Waals surface area contributed by atoms with E-state index < -0.39 is 0 Å². The minimum absolute atomic E-state index is 0.145. The molecule has 2 amide bonds. The van der Waals surface area contributed by atoms with Crippen LogP contribution in [0.15, 0.2) is 24.3 Å². The number of thiazole rings is 1. The third kappa shape index (κ3) is 3.42. The summed E-state index contributed by atoms with van der Waals surface area (Å²) in [5.41, 5.74) is 1.52. The van der Waals surface area contributed by atoms with Gasteiger partial charge in [-0.15, -0.1) is 11.3 Å². The molecule has 7 heteroatoms. The fourth-order valence-electron chi connectivity index (χ4n) is 2.34. The van der Waals surface area contributed by atoms with Crippen LogP contribution in [-0.2, 0) is 19.5 Å². The highest BCUT2D eigenvalue weighted by molar-refractivity contribution is 7.15. The molecule has 0 atom stereocenters. The second kappa shape index (κ2) is 6.41. The van der Waals surface area contributed by atoms with Crippen LogP contribution in [0.5, 0.6) is 0 Å². The minimum atomic E-state index is -0.372. The largest absolute Gasteiger partial charge is 0.334 e. The Morgan fingerprint density at radius 1 is 1.45 bits per heavy atom. The van der Waals surface area contributed by atoms with Gasteiger partial charge in [-0.05, 0) is 13.1 Å². The van der Waals surface area contributed by atoms with Crippen LogP contribution in [0.25, 0.3) is 0 Å². The zero-order valence-corrected chi connectivity index (χ0v) is 13.0. The molecule has 1 aliphatic heterocycles. The molecular weight excluding hydrogens is 303 g/mol. The maximum Gasteiger partial charge on any atom is 0.321 e. The summed E-state index contributed by atoms with van der Waals surface area (Å²) in [6.07, 6.45) is 0.904. The second-order valence-corrected chi connectivity index (χ2v) is 6.36. The number of rotatable bonds is 3. The van der Waals surface area contributed by atoms with Crippen LogP contribution in [-0.4, -0.2) is 29.5 Å². The summed E-state index contributed by atoms with van der Waals surface area (Å²) in [6, 6.07) is 6.01. The summed E-state index contributed by atoms with van der Waals surface area (Å²) < 4.78 is 13.5. The Hall–Kier alpha value is -1.99. The maximum atomic E-state index is 13.5. The SMILES string of the molecule is CN1CCc2nc(NC(=O)NCc3ccccc3F)sc2C1. The van der Waals surface area contributed by atoms with Crippen molar-refractivity contribution in [2.75, 3.05) is 18.9 Å². The number of carbonyl (C=O) groups is 1. The van der Waals surface area contributed by atoms with Crippen LogP contribution in [0.4, 0.5) is 14.3 Å². The number of nitrogens with zero attached hydrogens (tertiary/aromatic N) is 2. The number of halogens is 1. The smallest absolute Gasteiger partial charge is 0.321 e. The first-order valence-corrected chi connectivity index (χ1v) is 7.89. The molecule has 2 heterocycles. The van der Waals surface area contributed by atoms with Crippen molar-refractivity contribution in [3.05, 3.63) is 46.2 Å². The normalized spacial score (nSPS) is 14.5. The van der Waals surface area contributed by atoms with Gasteiger partial charge < -0.3 is 10.2 Å². The van der Waals surface area contributed by atoms with E-state index in [2.05, 4.69) is 27.6 Å². The van der Waals surface area contributed by atoms with Crippen molar-refractivity contribution in [2.24, 2.45) is 0 Å². The summed E-state index contributed by atoms with van der Waals surface area (Å²) in [5, 5.41) is 5.95. The lowest BCUT2D eigenvalue weighted by Gasteiger charge is -2.20. The highest BCUT2D eigenvalue weighted by Gasteiger charge is 2.19. The van der Waals surface area contributed by atoms with E-state index in [9.17, 15) is 9.18 Å². The number of hydrogen-bond donors (Lipinski definition) is 2. The number of carbonyl (C=O) groups excluding carboxylic acids is 1. The zero-order valence-electron chi connectivity index (χ0n) is 12.2. The Morgan fingerprint density at radius 3 is 3.09 bits per heavy atom. The van der Waals surface area contributed by atoms with E-state index in [-0.39, 0.29) is 18.4 Å². The van der Waals surface area contributed by atoms with Crippen LogP contribution < -0.4 is 10.6 Å². The van der Waals surface area contributed by atoms with Gasteiger partial charge in [-0.3, -0.25) is 5.32 Å². The lowest BCUT2D eigenvalue weighted by Crippen LogP contribution is -2.28. The molecule has 0 bridgehead atoms. The summed E-state index contributed by atoms with van der Waals surface area (Å²) in [4.78, 5) is 19.7. The summed E-state index contributed by atoms with van der Waals surface area (Å²) in [5.74, 6) is -0.324. The molecule has 116 valence electrons. The van der Waals surface area contributed by atoms with E-state index >= 15 is 0 Å². The minimum Gasteiger partial charge on any atom is -0.334 e. The molecule has 1 aromatic heterocycles. The van der Waals surface area contributed by atoms with E-state index in [0.717, 1.165) is 25.2 Å². The van der Waals surface area contributed by atoms with E-state index in [1.54, 1.807) is 18.2 Å². The van der Waals surface area contributed by atoms with Crippen LogP contribution in [0.2, 0.25) is 0 Å². The highest BCUT2D eigenvalue weighted by atomic mass is 32.1. The molecule has 0 radical (unpaired) electrons. The summed E-state index contributed by atoms with van der Waals surface area (Å²) in [6.45, 7) is 1.99. The van der Waals surface area contributed by atoms with Crippen LogP contribution >= 0.6 is 11.3 Å². The van der Waals surface area contributed by atoms with Crippen molar-refractivity contribution in [1.29, 1.82) is 0 Å². The molecule has 0 spiro atoms. The van der Waals surface area contributed by atoms with Gasteiger partial charge in [-0.1, -0.05) is 18.2 Å². The molecule has 0 saturated heterocycles. The van der Waals surface area contributed by atoms with E-state index in [1.807, 2.05) is 0 Å². The van der Waals surface area contributed by atoms with Crippen molar-refractivity contribution < 1.29 is 9.18 Å². The molecule has 5 nitrogen and oxygen atoms in total. The number of nitrogens with one attached hydrogen (secondary N) is 2. The third-order valence-corrected chi connectivity index (χ3v) is 4.54. The van der Waals surface area contributed by atoms with Gasteiger partial charge in [0, 0.05) is 36.5 Å². The Labute approximate surface area is 132 Å². The van der Waals surface area contributed by atoms with Crippen molar-refractivity contribution in [1.82, 2.24) is 15.2 Å². The number of urea groups is 1. The molecule has 2 N–H and O–H groups in total. The summed E-state index contributed by atoms with van der Waals surface area (Å²) >= 11 is 1.49. The van der Waals surface area contributed by atoms with Crippen molar-refractivity contribution in [3.8, 4) is 0 Å². The topological polar surface area (TPSA) is 57.3 Å². The number of likely N-dealkylation sites (N-methyl/N-ethyl adjacent to an activating group) is 1. The third-order valence-electron chi connectivity index (χ3n) is 3.54. The number of amides is 2. The molecule has 3 rings (SSSR count). The van der Waals surface area contributed by atoms with Crippen molar-refractivity contribution in [2.45, 2.75) is 19.5 Å². The van der Waals surface area contributed by atoms with Gasteiger partial charge in [-0.2, -0.15) is 0 Å².